The minimum Gasteiger partial charge on any atom is -0.383 e. The fourth-order valence-electron chi connectivity index (χ4n) is 2.87. The van der Waals surface area contributed by atoms with E-state index < -0.39 is 31.0 Å². The highest BCUT2D eigenvalue weighted by molar-refractivity contribution is 5.01. The first-order valence-electron chi connectivity index (χ1n) is 7.17. The van der Waals surface area contributed by atoms with Gasteiger partial charge in [0.25, 0.3) is 0 Å². The van der Waals surface area contributed by atoms with Crippen LogP contribution >= 0.6 is 0 Å². The van der Waals surface area contributed by atoms with Crippen molar-refractivity contribution in [2.24, 2.45) is 0 Å². The van der Waals surface area contributed by atoms with Gasteiger partial charge in [0.2, 0.25) is 0 Å². The maximum absolute atomic E-state index is 14.5. The second-order valence-electron chi connectivity index (χ2n) is 5.22. The molecule has 1 heterocycles. The average Bonchev–Trinajstić information content (AvgIpc) is 2.62. The minimum atomic E-state index is -4.74. The van der Waals surface area contributed by atoms with Gasteiger partial charge in [0.05, 0.1) is 13.2 Å². The first-order valence-corrected chi connectivity index (χ1v) is 7.17. The van der Waals surface area contributed by atoms with E-state index in [9.17, 15) is 22.0 Å². The lowest BCUT2D eigenvalue weighted by atomic mass is 10.0. The molecule has 1 aliphatic heterocycles. The van der Waals surface area contributed by atoms with Crippen molar-refractivity contribution in [2.75, 3.05) is 40.5 Å². The fourth-order valence-corrected chi connectivity index (χ4v) is 2.87. The topological polar surface area (TPSA) is 24.9 Å². The lowest BCUT2D eigenvalue weighted by Gasteiger charge is -2.31. The van der Waals surface area contributed by atoms with E-state index >= 15 is 0 Å². The van der Waals surface area contributed by atoms with Crippen LogP contribution in [0.3, 0.4) is 0 Å². The van der Waals surface area contributed by atoms with Crippen LogP contribution in [0.2, 0.25) is 0 Å². The van der Waals surface area contributed by atoms with Crippen LogP contribution in [0.5, 0.6) is 0 Å². The third-order valence-electron chi connectivity index (χ3n) is 3.78. The van der Waals surface area contributed by atoms with Crippen molar-refractivity contribution in [3.8, 4) is 0 Å². The SMILES string of the molecule is CCCC1C(C(F)(F)F)N(CCOC)C(F)(F)N1CCOC. The number of hydrogen-bond acceptors (Lipinski definition) is 4. The van der Waals surface area contributed by atoms with Gasteiger partial charge in [0.15, 0.2) is 0 Å². The number of halogens is 5. The molecule has 1 rings (SSSR count). The van der Waals surface area contributed by atoms with E-state index in [-0.39, 0.29) is 31.1 Å². The molecule has 2 atom stereocenters. The molecule has 132 valence electrons. The van der Waals surface area contributed by atoms with Crippen molar-refractivity contribution in [2.45, 2.75) is 44.2 Å². The smallest absolute Gasteiger partial charge is 0.383 e. The van der Waals surface area contributed by atoms with Crippen LogP contribution in [0.25, 0.3) is 0 Å². The summed E-state index contributed by atoms with van der Waals surface area (Å²) in [6, 6.07) is -3.51. The Hall–Kier alpha value is -0.510. The summed E-state index contributed by atoms with van der Waals surface area (Å²) in [6.07, 6.45) is -8.00. The van der Waals surface area contributed by atoms with Crippen LogP contribution in [-0.2, 0) is 9.47 Å². The van der Waals surface area contributed by atoms with Gasteiger partial charge in [-0.2, -0.15) is 22.0 Å². The third-order valence-corrected chi connectivity index (χ3v) is 3.78. The molecule has 0 radical (unpaired) electrons. The van der Waals surface area contributed by atoms with Gasteiger partial charge in [0.1, 0.15) is 6.04 Å². The zero-order chi connectivity index (χ0) is 17.0. The average molecular weight is 334 g/mol. The van der Waals surface area contributed by atoms with Crippen LogP contribution in [0.4, 0.5) is 22.0 Å². The highest BCUT2D eigenvalue weighted by Crippen LogP contribution is 2.45. The summed E-state index contributed by atoms with van der Waals surface area (Å²) >= 11 is 0. The Morgan fingerprint density at radius 3 is 1.91 bits per heavy atom. The van der Waals surface area contributed by atoms with Crippen molar-refractivity contribution < 1.29 is 31.4 Å². The summed E-state index contributed by atoms with van der Waals surface area (Å²) in [6.45, 7) is 0.678. The Labute approximate surface area is 127 Å². The van der Waals surface area contributed by atoms with Crippen molar-refractivity contribution in [1.29, 1.82) is 0 Å². The molecule has 1 fully saturated rings. The molecule has 0 aromatic rings. The molecule has 0 N–H and O–H groups in total. The van der Waals surface area contributed by atoms with Gasteiger partial charge in [-0.05, 0) is 6.42 Å². The molecule has 0 spiro atoms. The summed E-state index contributed by atoms with van der Waals surface area (Å²) in [4.78, 5) is 0.806. The van der Waals surface area contributed by atoms with Gasteiger partial charge in [0, 0.05) is 33.4 Å². The molecule has 1 saturated heterocycles. The molecule has 0 aromatic heterocycles. The van der Waals surface area contributed by atoms with Gasteiger partial charge >= 0.3 is 12.3 Å². The van der Waals surface area contributed by atoms with Crippen molar-refractivity contribution >= 4 is 0 Å². The molecule has 2 unspecified atom stereocenters. The lowest BCUT2D eigenvalue weighted by molar-refractivity contribution is -0.248. The summed E-state index contributed by atoms with van der Waals surface area (Å²) in [5.41, 5.74) is 0. The standard InChI is InChI=1S/C13H23F5N2O2/c1-4-5-10-11(12(14,15)16)20(7-9-22-3)13(17,18)19(10)6-8-21-2/h10-11H,4-9H2,1-3H3. The molecule has 0 amide bonds. The van der Waals surface area contributed by atoms with Gasteiger partial charge in [-0.15, -0.1) is 0 Å². The Morgan fingerprint density at radius 1 is 1.00 bits per heavy atom. The highest BCUT2D eigenvalue weighted by atomic mass is 19.4. The number of rotatable bonds is 8. The summed E-state index contributed by atoms with van der Waals surface area (Å²) < 4.78 is 78.6. The first-order chi connectivity index (χ1) is 10.2. The predicted octanol–water partition coefficient (Wildman–Crippen LogP) is 2.55. The summed E-state index contributed by atoms with van der Waals surface area (Å²) in [5, 5.41) is 0. The van der Waals surface area contributed by atoms with E-state index in [2.05, 4.69) is 4.74 Å². The Bertz CT molecular complexity index is 341. The molecule has 1 aliphatic rings. The lowest BCUT2D eigenvalue weighted by Crippen LogP contribution is -2.52. The Morgan fingerprint density at radius 2 is 1.50 bits per heavy atom. The molecule has 0 aromatic carbocycles. The van der Waals surface area contributed by atoms with Crippen LogP contribution in [-0.4, -0.2) is 74.8 Å². The second-order valence-corrected chi connectivity index (χ2v) is 5.22. The summed E-state index contributed by atoms with van der Waals surface area (Å²) in [7, 11) is 2.59. The Kier molecular flexibility index (Phi) is 6.97. The van der Waals surface area contributed by atoms with Gasteiger partial charge < -0.3 is 9.47 Å². The van der Waals surface area contributed by atoms with Crippen molar-refractivity contribution in [3.63, 3.8) is 0 Å². The van der Waals surface area contributed by atoms with Crippen LogP contribution in [0.1, 0.15) is 19.8 Å². The Balaban J connectivity index is 3.15. The molecular weight excluding hydrogens is 311 g/mol. The molecular formula is C13H23F5N2O2. The largest absolute Gasteiger partial charge is 0.405 e. The van der Waals surface area contributed by atoms with E-state index in [1.165, 1.54) is 14.2 Å². The molecule has 22 heavy (non-hydrogen) atoms. The molecule has 0 saturated carbocycles. The van der Waals surface area contributed by atoms with Crippen LogP contribution < -0.4 is 0 Å². The molecule has 4 nitrogen and oxygen atoms in total. The van der Waals surface area contributed by atoms with E-state index in [0.29, 0.717) is 11.3 Å². The van der Waals surface area contributed by atoms with E-state index in [1.807, 2.05) is 0 Å². The number of nitrogens with zero attached hydrogens (tertiary/aromatic N) is 2. The maximum atomic E-state index is 14.5. The highest BCUT2D eigenvalue weighted by Gasteiger charge is 2.66. The molecule has 0 bridgehead atoms. The quantitative estimate of drug-likeness (QED) is 0.503. The van der Waals surface area contributed by atoms with E-state index in [4.69, 9.17) is 4.74 Å². The monoisotopic (exact) mass is 334 g/mol. The van der Waals surface area contributed by atoms with Crippen molar-refractivity contribution in [3.05, 3.63) is 0 Å². The zero-order valence-electron chi connectivity index (χ0n) is 13.0. The normalized spacial score (nSPS) is 26.7. The minimum absolute atomic E-state index is 0.0347. The maximum Gasteiger partial charge on any atom is 0.405 e. The van der Waals surface area contributed by atoms with Crippen molar-refractivity contribution in [1.82, 2.24) is 9.80 Å². The predicted molar refractivity (Wildman–Crippen MR) is 70.7 cm³/mol. The second kappa shape index (κ2) is 7.85. The fraction of sp³-hybridized carbons (Fsp3) is 1.00. The number of alkyl halides is 5. The molecule has 0 aliphatic carbocycles. The van der Waals surface area contributed by atoms with Gasteiger partial charge in [-0.1, -0.05) is 13.3 Å². The number of ether oxygens (including phenoxy) is 2. The van der Waals surface area contributed by atoms with Crippen LogP contribution in [0.15, 0.2) is 0 Å². The van der Waals surface area contributed by atoms with E-state index in [0.717, 1.165) is 0 Å². The van der Waals surface area contributed by atoms with Gasteiger partial charge in [-0.25, -0.2) is 9.80 Å². The van der Waals surface area contributed by atoms with Gasteiger partial charge in [-0.3, -0.25) is 0 Å². The molecule has 9 heteroatoms. The van der Waals surface area contributed by atoms with E-state index in [1.54, 1.807) is 6.92 Å². The number of methoxy groups -OCH3 is 2. The third kappa shape index (κ3) is 4.06. The number of hydrogen-bond donors (Lipinski definition) is 0. The van der Waals surface area contributed by atoms with Crippen LogP contribution in [0, 0.1) is 0 Å². The zero-order valence-corrected chi connectivity index (χ0v) is 13.0. The first kappa shape index (κ1) is 19.5. The summed E-state index contributed by atoms with van der Waals surface area (Å²) in [5.74, 6) is 0.